The molecule has 37 heavy (non-hydrogen) atoms. The number of piperidine rings is 1. The van der Waals surface area contributed by atoms with Gasteiger partial charge in [-0.2, -0.15) is 13.2 Å². The van der Waals surface area contributed by atoms with E-state index in [1.54, 1.807) is 31.7 Å². The van der Waals surface area contributed by atoms with Gasteiger partial charge in [0.25, 0.3) is 11.7 Å². The molecule has 202 valence electrons. The number of hydrogen-bond donors (Lipinski definition) is 1. The van der Waals surface area contributed by atoms with Gasteiger partial charge >= 0.3 is 6.18 Å². The van der Waals surface area contributed by atoms with Gasteiger partial charge in [-0.05, 0) is 83.9 Å². The highest BCUT2D eigenvalue weighted by Crippen LogP contribution is 2.41. The number of halogens is 3. The lowest BCUT2D eigenvalue weighted by molar-refractivity contribution is -0.0892. The molecule has 0 unspecified atom stereocenters. The topological polar surface area (TPSA) is 88.5 Å². The minimum Gasteiger partial charge on any atom is -0.338 e. The molecule has 2 aliphatic rings. The SMILES string of the molecule is CC1(C)Cn2c(C(=O)C(F)(F)F)ccc2C2(CCN(C(=O)c3ccc(S(=O)(=O)C(C)(C)C)cc3)CC2)N1. The number of fused-ring (bicyclic) bond motifs is 2. The monoisotopic (exact) mass is 539 g/mol. The summed E-state index contributed by atoms with van der Waals surface area (Å²) in [5.41, 5.74) is -0.661. The lowest BCUT2D eigenvalue weighted by atomic mass is 9.79. The number of rotatable bonds is 3. The van der Waals surface area contributed by atoms with Crippen molar-refractivity contribution in [2.24, 2.45) is 0 Å². The molecule has 1 aromatic carbocycles. The molecular formula is C26H32F3N3O4S. The van der Waals surface area contributed by atoms with Crippen LogP contribution in [0.25, 0.3) is 0 Å². The van der Waals surface area contributed by atoms with Crippen molar-refractivity contribution in [3.63, 3.8) is 0 Å². The predicted molar refractivity (Wildman–Crippen MR) is 132 cm³/mol. The van der Waals surface area contributed by atoms with Crippen LogP contribution in [0.5, 0.6) is 0 Å². The normalized spacial score (nSPS) is 19.5. The lowest BCUT2D eigenvalue weighted by Gasteiger charge is -2.51. The van der Waals surface area contributed by atoms with E-state index in [1.165, 1.54) is 34.9 Å². The van der Waals surface area contributed by atoms with Gasteiger partial charge in [0.1, 0.15) is 0 Å². The van der Waals surface area contributed by atoms with E-state index in [2.05, 4.69) is 5.32 Å². The fourth-order valence-electron chi connectivity index (χ4n) is 5.33. The molecule has 3 heterocycles. The first-order valence-electron chi connectivity index (χ1n) is 12.1. The zero-order valence-corrected chi connectivity index (χ0v) is 22.4. The van der Waals surface area contributed by atoms with Gasteiger partial charge in [0.2, 0.25) is 0 Å². The standard InChI is InChI=1S/C26H32F3N3O4S/c1-23(2,3)37(35,36)18-8-6-17(7-9-18)22(34)31-14-12-25(13-15-31)20-11-10-19(21(33)26(27,28)29)32(20)16-24(4,5)30-25/h6-11,30H,12-16H2,1-5H3. The molecule has 0 saturated carbocycles. The van der Waals surface area contributed by atoms with Gasteiger partial charge in [0.05, 0.1) is 20.9 Å². The number of Topliss-reactive ketones (excluding diaryl/α,β-unsaturated/α-hetero) is 1. The number of benzene rings is 1. The van der Waals surface area contributed by atoms with Gasteiger partial charge in [-0.25, -0.2) is 8.42 Å². The number of nitrogens with one attached hydrogen (secondary N) is 1. The second kappa shape index (κ2) is 8.69. The van der Waals surface area contributed by atoms with Crippen LogP contribution in [-0.2, 0) is 21.9 Å². The van der Waals surface area contributed by atoms with Gasteiger partial charge in [-0.15, -0.1) is 0 Å². The number of nitrogens with zero attached hydrogens (tertiary/aromatic N) is 2. The molecule has 2 aliphatic heterocycles. The van der Waals surface area contributed by atoms with Crippen LogP contribution in [-0.4, -0.2) is 59.1 Å². The average molecular weight is 540 g/mol. The van der Waals surface area contributed by atoms with Crippen molar-refractivity contribution in [2.75, 3.05) is 13.1 Å². The first-order chi connectivity index (χ1) is 16.9. The molecular weight excluding hydrogens is 507 g/mol. The number of carbonyl (C=O) groups excluding carboxylic acids is 2. The fraction of sp³-hybridized carbons (Fsp3) is 0.538. The summed E-state index contributed by atoms with van der Waals surface area (Å²) in [5.74, 6) is -2.11. The molecule has 0 bridgehead atoms. The Bertz CT molecular complexity index is 1330. The van der Waals surface area contributed by atoms with Crippen molar-refractivity contribution in [3.05, 3.63) is 53.3 Å². The van der Waals surface area contributed by atoms with Crippen LogP contribution in [0.15, 0.2) is 41.3 Å². The highest BCUT2D eigenvalue weighted by atomic mass is 32.2. The Kier molecular flexibility index (Phi) is 6.43. The number of amides is 1. The second-order valence-electron chi connectivity index (χ2n) is 11.5. The van der Waals surface area contributed by atoms with Crippen molar-refractivity contribution in [1.82, 2.24) is 14.8 Å². The van der Waals surface area contributed by atoms with E-state index in [0.717, 1.165) is 0 Å². The Morgan fingerprint density at radius 1 is 0.946 bits per heavy atom. The molecule has 1 fully saturated rings. The number of ketones is 1. The Balaban J connectivity index is 1.55. The van der Waals surface area contributed by atoms with Crippen molar-refractivity contribution in [3.8, 4) is 0 Å². The largest absolute Gasteiger partial charge is 0.456 e. The number of carbonyl (C=O) groups is 2. The van der Waals surface area contributed by atoms with Crippen molar-refractivity contribution >= 4 is 21.5 Å². The van der Waals surface area contributed by atoms with Crippen LogP contribution < -0.4 is 5.32 Å². The van der Waals surface area contributed by atoms with Crippen LogP contribution in [0.3, 0.4) is 0 Å². The molecule has 1 saturated heterocycles. The van der Waals surface area contributed by atoms with Crippen molar-refractivity contribution in [2.45, 2.75) is 80.9 Å². The fourth-order valence-corrected chi connectivity index (χ4v) is 6.53. The maximum atomic E-state index is 13.2. The van der Waals surface area contributed by atoms with E-state index in [0.29, 0.717) is 37.2 Å². The molecule has 0 radical (unpaired) electrons. The van der Waals surface area contributed by atoms with Gasteiger partial charge in [-0.3, -0.25) is 14.9 Å². The summed E-state index contributed by atoms with van der Waals surface area (Å²) in [7, 11) is -3.55. The van der Waals surface area contributed by atoms with Gasteiger partial charge in [-0.1, -0.05) is 0 Å². The van der Waals surface area contributed by atoms with E-state index in [4.69, 9.17) is 0 Å². The van der Waals surface area contributed by atoms with Crippen LogP contribution in [0.2, 0.25) is 0 Å². The third-order valence-electron chi connectivity index (χ3n) is 7.21. The molecule has 7 nitrogen and oxygen atoms in total. The Morgan fingerprint density at radius 2 is 1.51 bits per heavy atom. The maximum absolute atomic E-state index is 13.2. The Labute approximate surface area is 214 Å². The third-order valence-corrected chi connectivity index (χ3v) is 9.72. The first-order valence-corrected chi connectivity index (χ1v) is 13.6. The van der Waals surface area contributed by atoms with E-state index in [9.17, 15) is 31.2 Å². The number of sulfone groups is 1. The molecule has 2 aromatic rings. The zero-order chi connectivity index (χ0) is 27.6. The molecule has 1 aromatic heterocycles. The second-order valence-corrected chi connectivity index (χ2v) is 14.2. The van der Waals surface area contributed by atoms with Crippen LogP contribution >= 0.6 is 0 Å². The number of alkyl halides is 3. The Morgan fingerprint density at radius 3 is 2.03 bits per heavy atom. The summed E-state index contributed by atoms with van der Waals surface area (Å²) in [6.45, 7) is 9.50. The molecule has 0 aliphatic carbocycles. The summed E-state index contributed by atoms with van der Waals surface area (Å²) in [6.07, 6.45) is -4.07. The summed E-state index contributed by atoms with van der Waals surface area (Å²) < 4.78 is 65.5. The zero-order valence-electron chi connectivity index (χ0n) is 21.6. The number of likely N-dealkylation sites (tertiary alicyclic amines) is 1. The van der Waals surface area contributed by atoms with E-state index in [-0.39, 0.29) is 23.0 Å². The van der Waals surface area contributed by atoms with Gasteiger partial charge in [0, 0.05) is 36.4 Å². The Hall–Kier alpha value is -2.66. The molecule has 4 rings (SSSR count). The summed E-state index contributed by atoms with van der Waals surface area (Å²) in [5, 5.41) is 3.57. The average Bonchev–Trinajstić information content (AvgIpc) is 3.20. The van der Waals surface area contributed by atoms with E-state index >= 15 is 0 Å². The van der Waals surface area contributed by atoms with Crippen molar-refractivity contribution in [1.29, 1.82) is 0 Å². The summed E-state index contributed by atoms with van der Waals surface area (Å²) in [6, 6.07) is 8.71. The highest BCUT2D eigenvalue weighted by molar-refractivity contribution is 7.92. The highest BCUT2D eigenvalue weighted by Gasteiger charge is 2.49. The van der Waals surface area contributed by atoms with E-state index < -0.39 is 37.6 Å². The first kappa shape index (κ1) is 27.4. The molecule has 1 N–H and O–H groups in total. The molecule has 11 heteroatoms. The molecule has 1 amide bonds. The minimum atomic E-state index is -4.96. The predicted octanol–water partition coefficient (Wildman–Crippen LogP) is 4.32. The third kappa shape index (κ3) is 4.83. The number of aromatic nitrogens is 1. The molecule has 0 atom stereocenters. The van der Waals surface area contributed by atoms with Crippen LogP contribution in [0, 0.1) is 0 Å². The van der Waals surface area contributed by atoms with Crippen LogP contribution in [0.1, 0.15) is 74.0 Å². The maximum Gasteiger partial charge on any atom is 0.456 e. The lowest BCUT2D eigenvalue weighted by Crippen LogP contribution is -2.63. The summed E-state index contributed by atoms with van der Waals surface area (Å²) in [4.78, 5) is 27.1. The quantitative estimate of drug-likeness (QED) is 0.587. The molecule has 1 spiro atoms. The smallest absolute Gasteiger partial charge is 0.338 e. The van der Waals surface area contributed by atoms with Gasteiger partial charge in [0.15, 0.2) is 9.84 Å². The van der Waals surface area contributed by atoms with Gasteiger partial charge < -0.3 is 9.47 Å². The minimum absolute atomic E-state index is 0.146. The van der Waals surface area contributed by atoms with Crippen LogP contribution in [0.4, 0.5) is 13.2 Å². The number of hydrogen-bond acceptors (Lipinski definition) is 5. The summed E-state index contributed by atoms with van der Waals surface area (Å²) >= 11 is 0. The van der Waals surface area contributed by atoms with E-state index in [1.807, 2.05) is 13.8 Å². The van der Waals surface area contributed by atoms with Crippen molar-refractivity contribution < 1.29 is 31.2 Å².